The normalized spacial score (nSPS) is 16.0. The summed E-state index contributed by atoms with van der Waals surface area (Å²) in [7, 11) is 0. The molecule has 21 heavy (non-hydrogen) atoms. The minimum Gasteiger partial charge on any atom is -0.345 e. The quantitative estimate of drug-likeness (QED) is 0.865. The number of thiazole rings is 1. The Morgan fingerprint density at radius 3 is 2.86 bits per heavy atom. The first kappa shape index (κ1) is 15.0. The summed E-state index contributed by atoms with van der Waals surface area (Å²) in [6.45, 7) is 0.492. The predicted molar refractivity (Wildman–Crippen MR) is 88.4 cm³/mol. The molecule has 0 atom stereocenters. The van der Waals surface area contributed by atoms with Crippen molar-refractivity contribution >= 4 is 40.2 Å². The Balaban J connectivity index is 1.56. The number of carbonyl (C=O) groups excluding carboxylic acids is 1. The van der Waals surface area contributed by atoms with Crippen molar-refractivity contribution in [3.8, 4) is 0 Å². The van der Waals surface area contributed by atoms with Gasteiger partial charge in [-0.2, -0.15) is 0 Å². The molecule has 1 N–H and O–H groups in total. The average molecular weight is 341 g/mol. The van der Waals surface area contributed by atoms with Gasteiger partial charge in [0.25, 0.3) is 5.91 Å². The van der Waals surface area contributed by atoms with Crippen molar-refractivity contribution in [1.82, 2.24) is 10.3 Å². The fourth-order valence-corrected chi connectivity index (χ4v) is 4.45. The number of nitrogens with one attached hydrogen (secondary N) is 1. The molecule has 1 aliphatic carbocycles. The summed E-state index contributed by atoms with van der Waals surface area (Å²) < 4.78 is 0.633. The molecule has 1 amide bonds. The van der Waals surface area contributed by atoms with Crippen LogP contribution in [-0.4, -0.2) is 10.9 Å². The minimum absolute atomic E-state index is 0.0821. The maximum atomic E-state index is 12.0. The highest BCUT2D eigenvalue weighted by atomic mass is 35.5. The van der Waals surface area contributed by atoms with E-state index < -0.39 is 0 Å². The van der Waals surface area contributed by atoms with Gasteiger partial charge < -0.3 is 5.32 Å². The van der Waals surface area contributed by atoms with Gasteiger partial charge in [-0.25, -0.2) is 4.98 Å². The van der Waals surface area contributed by atoms with E-state index in [4.69, 9.17) is 11.6 Å². The zero-order valence-electron chi connectivity index (χ0n) is 11.6. The first-order valence-electron chi connectivity index (χ1n) is 7.20. The van der Waals surface area contributed by atoms with E-state index in [9.17, 15) is 4.79 Å². The van der Waals surface area contributed by atoms with Crippen molar-refractivity contribution in [3.63, 3.8) is 0 Å². The molecular weight excluding hydrogens is 324 g/mol. The van der Waals surface area contributed by atoms with Crippen LogP contribution < -0.4 is 5.32 Å². The Morgan fingerprint density at radius 2 is 2.14 bits per heavy atom. The molecule has 3 nitrogen and oxygen atoms in total. The summed E-state index contributed by atoms with van der Waals surface area (Å²) in [5, 5.41) is 6.04. The second-order valence-electron chi connectivity index (χ2n) is 5.29. The number of carbonyl (C=O) groups is 1. The van der Waals surface area contributed by atoms with Crippen LogP contribution in [0, 0.1) is 0 Å². The van der Waals surface area contributed by atoms with E-state index in [1.165, 1.54) is 49.1 Å². The molecular formula is C15H17ClN2OS2. The monoisotopic (exact) mass is 340 g/mol. The van der Waals surface area contributed by atoms with Crippen LogP contribution in [0.2, 0.25) is 4.34 Å². The molecule has 0 aliphatic heterocycles. The topological polar surface area (TPSA) is 42.0 Å². The minimum atomic E-state index is -0.0821. The molecule has 2 aromatic rings. The lowest BCUT2D eigenvalue weighted by Gasteiger charge is -2.19. The second kappa shape index (κ2) is 6.90. The Morgan fingerprint density at radius 1 is 1.33 bits per heavy atom. The molecule has 6 heteroatoms. The van der Waals surface area contributed by atoms with E-state index in [1.807, 2.05) is 0 Å². The van der Waals surface area contributed by atoms with Crippen LogP contribution >= 0.6 is 34.3 Å². The molecule has 2 aromatic heterocycles. The zero-order valence-corrected chi connectivity index (χ0v) is 14.0. The Labute approximate surface area is 137 Å². The van der Waals surface area contributed by atoms with Crippen LogP contribution in [0.4, 0.5) is 0 Å². The predicted octanol–water partition coefficient (Wildman–Crippen LogP) is 4.84. The van der Waals surface area contributed by atoms with Gasteiger partial charge in [0.05, 0.1) is 21.5 Å². The number of halogens is 1. The van der Waals surface area contributed by atoms with Crippen molar-refractivity contribution in [2.24, 2.45) is 0 Å². The van der Waals surface area contributed by atoms with E-state index in [-0.39, 0.29) is 5.91 Å². The largest absolute Gasteiger partial charge is 0.345 e. The SMILES string of the molecule is O=C(NCc1nc(C2CCCCC2)cs1)c1ccc(Cl)s1. The smallest absolute Gasteiger partial charge is 0.261 e. The number of thiophene rings is 1. The van der Waals surface area contributed by atoms with Crippen LogP contribution in [0.25, 0.3) is 0 Å². The summed E-state index contributed by atoms with van der Waals surface area (Å²) in [5.74, 6) is 0.539. The number of nitrogens with zero attached hydrogens (tertiary/aromatic N) is 1. The third-order valence-electron chi connectivity index (χ3n) is 3.79. The molecule has 0 spiro atoms. The second-order valence-corrected chi connectivity index (χ2v) is 7.95. The molecule has 0 radical (unpaired) electrons. The van der Waals surface area contributed by atoms with Gasteiger partial charge >= 0.3 is 0 Å². The Hall–Kier alpha value is -0.910. The number of rotatable bonds is 4. The van der Waals surface area contributed by atoms with Gasteiger partial charge in [-0.1, -0.05) is 30.9 Å². The van der Waals surface area contributed by atoms with Gasteiger partial charge in [0.2, 0.25) is 0 Å². The first-order valence-corrected chi connectivity index (χ1v) is 9.27. The fraction of sp³-hybridized carbons (Fsp3) is 0.467. The van der Waals surface area contributed by atoms with E-state index in [0.717, 1.165) is 5.01 Å². The molecule has 3 rings (SSSR count). The van der Waals surface area contributed by atoms with E-state index in [1.54, 1.807) is 23.5 Å². The molecule has 1 saturated carbocycles. The lowest BCUT2D eigenvalue weighted by atomic mass is 9.87. The van der Waals surface area contributed by atoms with Gasteiger partial charge in [0.1, 0.15) is 5.01 Å². The standard InChI is InChI=1S/C15H17ClN2OS2/c16-13-7-6-12(21-13)15(19)17-8-14-18-11(9-20-14)10-4-2-1-3-5-10/h6-7,9-10H,1-5,8H2,(H,17,19). The number of hydrogen-bond donors (Lipinski definition) is 1. The average Bonchev–Trinajstić information content (AvgIpc) is 3.15. The summed E-state index contributed by atoms with van der Waals surface area (Å²) in [4.78, 5) is 17.3. The molecule has 0 saturated heterocycles. The van der Waals surface area contributed by atoms with E-state index >= 15 is 0 Å². The van der Waals surface area contributed by atoms with E-state index in [0.29, 0.717) is 21.7 Å². The van der Waals surface area contributed by atoms with Crippen LogP contribution in [-0.2, 0) is 6.54 Å². The van der Waals surface area contributed by atoms with Crippen molar-refractivity contribution in [3.05, 3.63) is 37.4 Å². The van der Waals surface area contributed by atoms with Crippen molar-refractivity contribution < 1.29 is 4.79 Å². The summed E-state index contributed by atoms with van der Waals surface area (Å²) in [5.41, 5.74) is 1.21. The van der Waals surface area contributed by atoms with Crippen molar-refractivity contribution in [1.29, 1.82) is 0 Å². The molecule has 2 heterocycles. The van der Waals surface area contributed by atoms with Gasteiger partial charge in [-0.15, -0.1) is 22.7 Å². The van der Waals surface area contributed by atoms with Gasteiger partial charge in [0.15, 0.2) is 0 Å². The van der Waals surface area contributed by atoms with Crippen LogP contribution in [0.3, 0.4) is 0 Å². The van der Waals surface area contributed by atoms with Crippen LogP contribution in [0.5, 0.6) is 0 Å². The molecule has 112 valence electrons. The summed E-state index contributed by atoms with van der Waals surface area (Å²) in [6.07, 6.45) is 6.49. The lowest BCUT2D eigenvalue weighted by molar-refractivity contribution is 0.0955. The Kier molecular flexibility index (Phi) is 4.93. The highest BCUT2D eigenvalue weighted by Gasteiger charge is 2.18. The van der Waals surface area contributed by atoms with Crippen LogP contribution in [0.15, 0.2) is 17.5 Å². The van der Waals surface area contributed by atoms with Gasteiger partial charge in [-0.3, -0.25) is 4.79 Å². The summed E-state index contributed by atoms with van der Waals surface area (Å²) in [6, 6.07) is 3.49. The van der Waals surface area contributed by atoms with Gasteiger partial charge in [-0.05, 0) is 25.0 Å². The molecule has 0 bridgehead atoms. The zero-order chi connectivity index (χ0) is 14.7. The van der Waals surface area contributed by atoms with Crippen LogP contribution in [0.1, 0.15) is 58.4 Å². The molecule has 1 aliphatic rings. The highest BCUT2D eigenvalue weighted by molar-refractivity contribution is 7.18. The summed E-state index contributed by atoms with van der Waals surface area (Å²) >= 11 is 8.77. The number of amides is 1. The first-order chi connectivity index (χ1) is 10.2. The van der Waals surface area contributed by atoms with Crippen molar-refractivity contribution in [2.45, 2.75) is 44.6 Å². The highest BCUT2D eigenvalue weighted by Crippen LogP contribution is 2.33. The van der Waals surface area contributed by atoms with Gasteiger partial charge in [0, 0.05) is 11.3 Å². The van der Waals surface area contributed by atoms with Crippen molar-refractivity contribution in [2.75, 3.05) is 0 Å². The molecule has 0 unspecified atom stereocenters. The maximum Gasteiger partial charge on any atom is 0.261 e. The molecule has 1 fully saturated rings. The molecule has 0 aromatic carbocycles. The third kappa shape index (κ3) is 3.84. The van der Waals surface area contributed by atoms with E-state index in [2.05, 4.69) is 15.7 Å². The fourth-order valence-electron chi connectivity index (χ4n) is 2.67. The number of hydrogen-bond acceptors (Lipinski definition) is 4. The Bertz CT molecular complexity index is 617. The lowest BCUT2D eigenvalue weighted by Crippen LogP contribution is -2.21. The maximum absolute atomic E-state index is 12.0. The third-order valence-corrected chi connectivity index (χ3v) is 5.89. The number of aromatic nitrogens is 1.